The molecule has 0 amide bonds. The molecule has 4 heteroatoms. The number of nitrogens with zero attached hydrogens (tertiary/aromatic N) is 1. The maximum absolute atomic E-state index is 5.60. The minimum atomic E-state index is 0.828. The monoisotopic (exact) mass is 324 g/mol. The lowest BCUT2D eigenvalue weighted by molar-refractivity contribution is 0.241. The Morgan fingerprint density at radius 2 is 1.96 bits per heavy atom. The molecule has 0 radical (unpaired) electrons. The van der Waals surface area contributed by atoms with Gasteiger partial charge in [-0.15, -0.1) is 0 Å². The first kappa shape index (κ1) is 15.3. The van der Waals surface area contributed by atoms with Crippen molar-refractivity contribution >= 4 is 5.69 Å². The van der Waals surface area contributed by atoms with Gasteiger partial charge in [-0.2, -0.15) is 0 Å². The zero-order chi connectivity index (χ0) is 16.5. The molecule has 2 aromatic rings. The summed E-state index contributed by atoms with van der Waals surface area (Å²) in [5, 5.41) is 3.55. The molecule has 0 unspecified atom stereocenters. The van der Waals surface area contributed by atoms with E-state index in [1.165, 1.54) is 27.9 Å². The zero-order valence-corrected chi connectivity index (χ0v) is 14.4. The van der Waals surface area contributed by atoms with Gasteiger partial charge >= 0.3 is 0 Å². The first-order valence-corrected chi connectivity index (χ1v) is 8.60. The Bertz CT molecular complexity index is 758. The van der Waals surface area contributed by atoms with Crippen LogP contribution in [0, 0.1) is 0 Å². The molecule has 4 rings (SSSR count). The van der Waals surface area contributed by atoms with Gasteiger partial charge in [-0.05, 0) is 35.6 Å². The lowest BCUT2D eigenvalue weighted by Crippen LogP contribution is -2.30. The van der Waals surface area contributed by atoms with Crippen molar-refractivity contribution in [2.24, 2.45) is 0 Å². The van der Waals surface area contributed by atoms with Crippen molar-refractivity contribution in [2.45, 2.75) is 25.9 Å². The molecule has 0 aromatic heterocycles. The number of hydrogen-bond acceptors (Lipinski definition) is 4. The summed E-state index contributed by atoms with van der Waals surface area (Å²) in [5.74, 6) is 1.73. The number of fused-ring (bicyclic) bond motifs is 2. The lowest BCUT2D eigenvalue weighted by atomic mass is 9.97. The average Bonchev–Trinajstić information content (AvgIpc) is 3.10. The van der Waals surface area contributed by atoms with Crippen molar-refractivity contribution in [2.75, 3.05) is 32.6 Å². The lowest BCUT2D eigenvalue weighted by Gasteiger charge is -2.30. The molecule has 2 aliphatic heterocycles. The van der Waals surface area contributed by atoms with E-state index >= 15 is 0 Å². The SMILES string of the molecule is COc1ccc2c(c1OC)CCN(Cc1cccc3c1NCC3)C2. The molecule has 2 heterocycles. The highest BCUT2D eigenvalue weighted by atomic mass is 16.5. The minimum absolute atomic E-state index is 0.828. The van der Waals surface area contributed by atoms with E-state index < -0.39 is 0 Å². The van der Waals surface area contributed by atoms with Crippen LogP contribution >= 0.6 is 0 Å². The van der Waals surface area contributed by atoms with Crippen LogP contribution in [0.2, 0.25) is 0 Å². The van der Waals surface area contributed by atoms with Crippen molar-refractivity contribution < 1.29 is 9.47 Å². The normalized spacial score (nSPS) is 16.2. The number of rotatable bonds is 4. The predicted octanol–water partition coefficient (Wildman–Crippen LogP) is 3.23. The quantitative estimate of drug-likeness (QED) is 0.936. The summed E-state index contributed by atoms with van der Waals surface area (Å²) in [6, 6.07) is 10.9. The van der Waals surface area contributed by atoms with Gasteiger partial charge in [0.25, 0.3) is 0 Å². The second-order valence-corrected chi connectivity index (χ2v) is 6.53. The Morgan fingerprint density at radius 1 is 1.04 bits per heavy atom. The summed E-state index contributed by atoms with van der Waals surface area (Å²) in [5.41, 5.74) is 6.87. The summed E-state index contributed by atoms with van der Waals surface area (Å²) in [6.45, 7) is 4.05. The van der Waals surface area contributed by atoms with Crippen molar-refractivity contribution in [3.05, 3.63) is 52.6 Å². The fourth-order valence-corrected chi connectivity index (χ4v) is 3.96. The van der Waals surface area contributed by atoms with Gasteiger partial charge in [0.15, 0.2) is 11.5 Å². The van der Waals surface area contributed by atoms with E-state index in [-0.39, 0.29) is 0 Å². The molecule has 0 bridgehead atoms. The highest BCUT2D eigenvalue weighted by Crippen LogP contribution is 2.37. The number of ether oxygens (including phenoxy) is 2. The van der Waals surface area contributed by atoms with E-state index in [9.17, 15) is 0 Å². The van der Waals surface area contributed by atoms with Crippen molar-refractivity contribution in [3.63, 3.8) is 0 Å². The summed E-state index contributed by atoms with van der Waals surface area (Å²) in [4.78, 5) is 2.52. The fraction of sp³-hybridized carbons (Fsp3) is 0.400. The summed E-state index contributed by atoms with van der Waals surface area (Å²) >= 11 is 0. The highest BCUT2D eigenvalue weighted by molar-refractivity contribution is 5.61. The number of hydrogen-bond donors (Lipinski definition) is 1. The van der Waals surface area contributed by atoms with Crippen LogP contribution < -0.4 is 14.8 Å². The third-order valence-electron chi connectivity index (χ3n) is 5.14. The molecule has 126 valence electrons. The molecule has 4 nitrogen and oxygen atoms in total. The molecule has 2 aliphatic rings. The van der Waals surface area contributed by atoms with Crippen LogP contribution in [0.1, 0.15) is 22.3 Å². The first-order valence-electron chi connectivity index (χ1n) is 8.60. The van der Waals surface area contributed by atoms with Gasteiger partial charge in [-0.1, -0.05) is 24.3 Å². The van der Waals surface area contributed by atoms with Crippen LogP contribution in [0.3, 0.4) is 0 Å². The topological polar surface area (TPSA) is 33.7 Å². The molecule has 0 fully saturated rings. The Morgan fingerprint density at radius 3 is 2.79 bits per heavy atom. The summed E-state index contributed by atoms with van der Waals surface area (Å²) in [6.07, 6.45) is 2.14. The van der Waals surface area contributed by atoms with E-state index in [2.05, 4.69) is 34.5 Å². The van der Waals surface area contributed by atoms with Gasteiger partial charge in [0.2, 0.25) is 0 Å². The zero-order valence-electron chi connectivity index (χ0n) is 14.4. The second kappa shape index (κ2) is 6.36. The Labute approximate surface area is 143 Å². The maximum Gasteiger partial charge on any atom is 0.164 e. The molecule has 2 aromatic carbocycles. The fourth-order valence-electron chi connectivity index (χ4n) is 3.96. The first-order chi connectivity index (χ1) is 11.8. The van der Waals surface area contributed by atoms with Crippen LogP contribution in [-0.4, -0.2) is 32.2 Å². The van der Waals surface area contributed by atoms with E-state index in [4.69, 9.17) is 9.47 Å². The van der Waals surface area contributed by atoms with Gasteiger partial charge in [0.05, 0.1) is 14.2 Å². The number of nitrogens with one attached hydrogen (secondary N) is 1. The van der Waals surface area contributed by atoms with Gasteiger partial charge in [-0.25, -0.2) is 0 Å². The van der Waals surface area contributed by atoms with Crippen molar-refractivity contribution in [1.82, 2.24) is 4.90 Å². The standard InChI is InChI=1S/C20H24N2O2/c1-23-18-7-6-15-12-22(11-9-17(15)20(18)24-2)13-16-5-3-4-14-8-10-21-19(14)16/h3-7,21H,8-13H2,1-2H3. The molecule has 0 saturated carbocycles. The van der Waals surface area contributed by atoms with Gasteiger partial charge in [0.1, 0.15) is 0 Å². The van der Waals surface area contributed by atoms with E-state index in [0.29, 0.717) is 0 Å². The smallest absolute Gasteiger partial charge is 0.164 e. The number of anilines is 1. The van der Waals surface area contributed by atoms with Crippen molar-refractivity contribution in [1.29, 1.82) is 0 Å². The Kier molecular flexibility index (Phi) is 4.07. The van der Waals surface area contributed by atoms with E-state index in [0.717, 1.165) is 50.5 Å². The molecular weight excluding hydrogens is 300 g/mol. The molecule has 0 spiro atoms. The third kappa shape index (κ3) is 2.61. The predicted molar refractivity (Wildman–Crippen MR) is 96.0 cm³/mol. The molecule has 0 aliphatic carbocycles. The minimum Gasteiger partial charge on any atom is -0.493 e. The number of para-hydroxylation sites is 1. The molecule has 0 saturated heterocycles. The van der Waals surface area contributed by atoms with Crippen LogP contribution in [0.5, 0.6) is 11.5 Å². The van der Waals surface area contributed by atoms with Gasteiger partial charge in [-0.3, -0.25) is 4.90 Å². The molecule has 0 atom stereocenters. The van der Waals surface area contributed by atoms with Crippen LogP contribution in [-0.2, 0) is 25.9 Å². The van der Waals surface area contributed by atoms with E-state index in [1.54, 1.807) is 14.2 Å². The highest BCUT2D eigenvalue weighted by Gasteiger charge is 2.23. The average molecular weight is 324 g/mol. The largest absolute Gasteiger partial charge is 0.493 e. The maximum atomic E-state index is 5.60. The number of benzene rings is 2. The Balaban J connectivity index is 1.56. The molecule has 24 heavy (non-hydrogen) atoms. The van der Waals surface area contributed by atoms with Gasteiger partial charge < -0.3 is 14.8 Å². The van der Waals surface area contributed by atoms with Gasteiger partial charge in [0, 0.05) is 37.4 Å². The molecular formula is C20H24N2O2. The van der Waals surface area contributed by atoms with E-state index in [1.807, 2.05) is 6.07 Å². The summed E-state index contributed by atoms with van der Waals surface area (Å²) in [7, 11) is 3.42. The number of methoxy groups -OCH3 is 2. The third-order valence-corrected chi connectivity index (χ3v) is 5.14. The molecule has 1 N–H and O–H groups in total. The van der Waals surface area contributed by atoms with Crippen LogP contribution in [0.4, 0.5) is 5.69 Å². The van der Waals surface area contributed by atoms with Crippen molar-refractivity contribution in [3.8, 4) is 11.5 Å². The summed E-state index contributed by atoms with van der Waals surface area (Å²) < 4.78 is 11.0. The Hall–Kier alpha value is -2.20. The second-order valence-electron chi connectivity index (χ2n) is 6.53. The van der Waals surface area contributed by atoms with Crippen LogP contribution in [0.15, 0.2) is 30.3 Å². The van der Waals surface area contributed by atoms with Crippen LogP contribution in [0.25, 0.3) is 0 Å².